The lowest BCUT2D eigenvalue weighted by molar-refractivity contribution is -0.131. The van der Waals surface area contributed by atoms with Gasteiger partial charge in [0.25, 0.3) is 12.4 Å². The number of hydrogen-bond acceptors (Lipinski definition) is 7. The molecule has 2 N–H and O–H groups in total. The fourth-order valence-electron chi connectivity index (χ4n) is 3.80. The molecule has 2 fully saturated rings. The molecule has 3 heterocycles. The van der Waals surface area contributed by atoms with Crippen LogP contribution in [0.1, 0.15) is 61.1 Å². The molecule has 2 atom stereocenters. The summed E-state index contributed by atoms with van der Waals surface area (Å²) in [5, 5.41) is 12.6. The zero-order valence-corrected chi connectivity index (χ0v) is 19.6. The van der Waals surface area contributed by atoms with Gasteiger partial charge in [0.15, 0.2) is 0 Å². The summed E-state index contributed by atoms with van der Waals surface area (Å²) in [7, 11) is 3.98. The number of carboxylic acid groups (broad SMARTS) is 1. The van der Waals surface area contributed by atoms with Gasteiger partial charge >= 0.3 is 0 Å². The Kier molecular flexibility index (Phi) is 9.86. The number of thiazole rings is 1. The van der Waals surface area contributed by atoms with Crippen molar-refractivity contribution in [3.05, 3.63) is 16.1 Å². The van der Waals surface area contributed by atoms with Gasteiger partial charge in [-0.05, 0) is 51.7 Å². The number of aromatic nitrogens is 1. The van der Waals surface area contributed by atoms with Gasteiger partial charge in [-0.25, -0.2) is 4.98 Å². The third kappa shape index (κ3) is 6.98. The quantitative estimate of drug-likeness (QED) is 0.632. The number of carbonyl (C=O) groups is 3. The summed E-state index contributed by atoms with van der Waals surface area (Å²) >= 11 is 1.44. The number of piperidine rings is 1. The standard InChI is InChI=1S/C20H32N4O3S.CH2O2/c1-13(2)17(22-18(25)16-6-5-11-27-16)19-21-15(12-28-19)20(26)24(4)14-7-9-23(3)10-8-14;2-1-3/h12-14,16-17H,5-11H2,1-4H3,(H,22,25);1H,(H,2,3)/t16-,17+;/m1./s1. The van der Waals surface area contributed by atoms with Crippen LogP contribution in [0, 0.1) is 5.92 Å². The maximum Gasteiger partial charge on any atom is 0.290 e. The van der Waals surface area contributed by atoms with Gasteiger partial charge in [-0.3, -0.25) is 14.4 Å². The summed E-state index contributed by atoms with van der Waals surface area (Å²) in [6.45, 7) is 6.51. The molecular weight excluding hydrogens is 420 g/mol. The molecule has 2 saturated heterocycles. The highest BCUT2D eigenvalue weighted by Crippen LogP contribution is 2.27. The van der Waals surface area contributed by atoms with Crippen molar-refractivity contribution >= 4 is 29.6 Å². The van der Waals surface area contributed by atoms with Crippen LogP contribution in [0.4, 0.5) is 0 Å². The van der Waals surface area contributed by atoms with Gasteiger partial charge in [0.05, 0.1) is 6.04 Å². The molecule has 0 aliphatic carbocycles. The minimum atomic E-state index is -0.363. The summed E-state index contributed by atoms with van der Waals surface area (Å²) in [4.78, 5) is 42.5. The third-order valence-corrected chi connectivity index (χ3v) is 6.68. The van der Waals surface area contributed by atoms with Gasteiger partial charge < -0.3 is 25.0 Å². The fraction of sp³-hybridized carbons (Fsp3) is 0.714. The number of nitrogens with one attached hydrogen (secondary N) is 1. The number of hydrogen-bond donors (Lipinski definition) is 2. The molecule has 0 unspecified atom stereocenters. The molecule has 0 saturated carbocycles. The zero-order valence-electron chi connectivity index (χ0n) is 18.7. The minimum absolute atomic E-state index is 0.0370. The zero-order chi connectivity index (χ0) is 23.0. The molecule has 31 heavy (non-hydrogen) atoms. The molecule has 1 aromatic heterocycles. The molecule has 3 rings (SSSR count). The smallest absolute Gasteiger partial charge is 0.290 e. The van der Waals surface area contributed by atoms with Crippen molar-refractivity contribution in [3.8, 4) is 0 Å². The number of ether oxygens (including phenoxy) is 1. The van der Waals surface area contributed by atoms with Crippen LogP contribution in [0.5, 0.6) is 0 Å². The number of amides is 2. The topological polar surface area (TPSA) is 112 Å². The predicted octanol–water partition coefficient (Wildman–Crippen LogP) is 2.00. The van der Waals surface area contributed by atoms with Gasteiger partial charge in [0.1, 0.15) is 16.8 Å². The van der Waals surface area contributed by atoms with Gasteiger partial charge in [0, 0.05) is 25.1 Å². The molecule has 0 spiro atoms. The predicted molar refractivity (Wildman–Crippen MR) is 118 cm³/mol. The van der Waals surface area contributed by atoms with E-state index < -0.39 is 0 Å². The highest BCUT2D eigenvalue weighted by atomic mass is 32.1. The first-order chi connectivity index (χ1) is 14.8. The van der Waals surface area contributed by atoms with E-state index in [9.17, 15) is 9.59 Å². The maximum absolute atomic E-state index is 12.9. The number of nitrogens with zero attached hydrogens (tertiary/aromatic N) is 3. The third-order valence-electron chi connectivity index (χ3n) is 5.75. The van der Waals surface area contributed by atoms with Crippen LogP contribution in [0.25, 0.3) is 0 Å². The Bertz CT molecular complexity index is 727. The molecule has 2 amide bonds. The van der Waals surface area contributed by atoms with E-state index in [1.54, 1.807) is 0 Å². The summed E-state index contributed by atoms with van der Waals surface area (Å²) in [6, 6.07) is 0.0471. The van der Waals surface area contributed by atoms with Crippen LogP contribution in [0.2, 0.25) is 0 Å². The first-order valence-electron chi connectivity index (χ1n) is 10.7. The van der Waals surface area contributed by atoms with E-state index >= 15 is 0 Å². The second-order valence-electron chi connectivity index (χ2n) is 8.36. The van der Waals surface area contributed by atoms with E-state index in [2.05, 4.69) is 22.2 Å². The Morgan fingerprint density at radius 3 is 2.55 bits per heavy atom. The van der Waals surface area contributed by atoms with Gasteiger partial charge in [-0.15, -0.1) is 11.3 Å². The average Bonchev–Trinajstić information content (AvgIpc) is 3.44. The van der Waals surface area contributed by atoms with Crippen LogP contribution in [-0.4, -0.2) is 84.1 Å². The second-order valence-corrected chi connectivity index (χ2v) is 9.25. The summed E-state index contributed by atoms with van der Waals surface area (Å²) in [5.41, 5.74) is 0.471. The maximum atomic E-state index is 12.9. The molecule has 1 aromatic rings. The fourth-order valence-corrected chi connectivity index (χ4v) is 4.82. The van der Waals surface area contributed by atoms with Crippen molar-refractivity contribution in [1.82, 2.24) is 20.1 Å². The first kappa shape index (κ1) is 25.2. The van der Waals surface area contributed by atoms with Crippen molar-refractivity contribution in [3.63, 3.8) is 0 Å². The van der Waals surface area contributed by atoms with E-state index in [-0.39, 0.29) is 42.4 Å². The van der Waals surface area contributed by atoms with Crippen LogP contribution in [0.3, 0.4) is 0 Å². The lowest BCUT2D eigenvalue weighted by Gasteiger charge is -2.34. The van der Waals surface area contributed by atoms with Crippen molar-refractivity contribution in [2.45, 2.75) is 57.7 Å². The Balaban J connectivity index is 0.00000107. The van der Waals surface area contributed by atoms with Crippen molar-refractivity contribution in [2.24, 2.45) is 5.92 Å². The van der Waals surface area contributed by atoms with Gasteiger partial charge in [-0.2, -0.15) is 0 Å². The van der Waals surface area contributed by atoms with Crippen LogP contribution in [-0.2, 0) is 14.3 Å². The average molecular weight is 455 g/mol. The van der Waals surface area contributed by atoms with E-state index in [1.807, 2.05) is 31.2 Å². The van der Waals surface area contributed by atoms with Gasteiger partial charge in [-0.1, -0.05) is 13.8 Å². The molecular formula is C21H34N4O5S. The monoisotopic (exact) mass is 454 g/mol. The molecule has 0 aromatic carbocycles. The van der Waals surface area contributed by atoms with Gasteiger partial charge in [0.2, 0.25) is 5.91 Å². The Morgan fingerprint density at radius 1 is 1.35 bits per heavy atom. The summed E-state index contributed by atoms with van der Waals surface area (Å²) < 4.78 is 5.49. The molecule has 2 aliphatic heterocycles. The molecule has 0 bridgehead atoms. The van der Waals surface area contributed by atoms with Crippen molar-refractivity contribution in [1.29, 1.82) is 0 Å². The van der Waals surface area contributed by atoms with E-state index in [4.69, 9.17) is 14.6 Å². The highest BCUT2D eigenvalue weighted by Gasteiger charge is 2.30. The Labute approximate surface area is 187 Å². The minimum Gasteiger partial charge on any atom is -0.483 e. The van der Waals surface area contributed by atoms with Crippen LogP contribution < -0.4 is 5.32 Å². The molecule has 0 radical (unpaired) electrons. The largest absolute Gasteiger partial charge is 0.483 e. The van der Waals surface area contributed by atoms with E-state index in [0.717, 1.165) is 43.8 Å². The SMILES string of the molecule is CC(C)[C@H](NC(=O)[C@H]1CCCO1)c1nc(C(=O)N(C)C2CCN(C)CC2)cs1.O=CO. The van der Waals surface area contributed by atoms with Crippen molar-refractivity contribution < 1.29 is 24.2 Å². The number of carbonyl (C=O) groups excluding carboxylic acids is 2. The second kappa shape index (κ2) is 12.1. The van der Waals surface area contributed by atoms with E-state index in [1.165, 1.54) is 11.3 Å². The number of likely N-dealkylation sites (tertiary alicyclic amines) is 1. The normalized spacial score (nSPS) is 20.6. The number of rotatable bonds is 6. The highest BCUT2D eigenvalue weighted by molar-refractivity contribution is 7.09. The van der Waals surface area contributed by atoms with E-state index in [0.29, 0.717) is 12.3 Å². The van der Waals surface area contributed by atoms with Crippen LogP contribution >= 0.6 is 11.3 Å². The van der Waals surface area contributed by atoms with Crippen LogP contribution in [0.15, 0.2) is 5.38 Å². The molecule has 174 valence electrons. The lowest BCUT2D eigenvalue weighted by atomic mass is 10.0. The first-order valence-corrected chi connectivity index (χ1v) is 11.6. The summed E-state index contributed by atoms with van der Waals surface area (Å²) in [5.74, 6) is 0.0544. The van der Waals surface area contributed by atoms with Crippen molar-refractivity contribution in [2.75, 3.05) is 33.8 Å². The molecule has 2 aliphatic rings. The lowest BCUT2D eigenvalue weighted by Crippen LogP contribution is -2.44. The molecule has 9 nitrogen and oxygen atoms in total. The Morgan fingerprint density at radius 2 is 2.00 bits per heavy atom. The Hall–Kier alpha value is -2.04. The summed E-state index contributed by atoms with van der Waals surface area (Å²) in [6.07, 6.45) is 3.30. The molecule has 10 heteroatoms.